The van der Waals surface area contributed by atoms with Crippen LogP contribution in [0.1, 0.15) is 23.0 Å². The van der Waals surface area contributed by atoms with Crippen molar-refractivity contribution in [2.45, 2.75) is 19.2 Å². The van der Waals surface area contributed by atoms with Gasteiger partial charge in [0.2, 0.25) is 5.91 Å². The van der Waals surface area contributed by atoms with Crippen molar-refractivity contribution in [3.05, 3.63) is 53.6 Å². The fourth-order valence-electron chi connectivity index (χ4n) is 3.33. The molecular formula is C19H27N5O2. The van der Waals surface area contributed by atoms with Crippen molar-refractivity contribution in [3.8, 4) is 0 Å². The Hall–Kier alpha value is -2.22. The van der Waals surface area contributed by atoms with E-state index in [0.717, 1.165) is 36.6 Å². The Labute approximate surface area is 154 Å². The highest BCUT2D eigenvalue weighted by atomic mass is 16.5. The molecule has 0 aliphatic carbocycles. The molecule has 1 amide bonds. The first-order chi connectivity index (χ1) is 12.7. The summed E-state index contributed by atoms with van der Waals surface area (Å²) in [6.45, 7) is 3.99. The fraction of sp³-hybridized carbons (Fsp3) is 0.474. The van der Waals surface area contributed by atoms with E-state index >= 15 is 0 Å². The minimum Gasteiger partial charge on any atom is -0.380 e. The fourth-order valence-corrected chi connectivity index (χ4v) is 3.33. The van der Waals surface area contributed by atoms with Gasteiger partial charge in [0.05, 0.1) is 19.2 Å². The zero-order valence-corrected chi connectivity index (χ0v) is 15.4. The van der Waals surface area contributed by atoms with Crippen LogP contribution in [0.3, 0.4) is 0 Å². The normalized spacial score (nSPS) is 18.0. The summed E-state index contributed by atoms with van der Waals surface area (Å²) in [4.78, 5) is 19.1. The van der Waals surface area contributed by atoms with Crippen LogP contribution in [-0.4, -0.2) is 53.6 Å². The third-order valence-corrected chi connectivity index (χ3v) is 4.65. The molecule has 0 spiro atoms. The van der Waals surface area contributed by atoms with Crippen molar-refractivity contribution in [1.29, 1.82) is 0 Å². The van der Waals surface area contributed by atoms with E-state index in [9.17, 15) is 4.79 Å². The highest BCUT2D eigenvalue weighted by Crippen LogP contribution is 2.19. The van der Waals surface area contributed by atoms with E-state index < -0.39 is 0 Å². The Bertz CT molecular complexity index is 730. The molecule has 1 atom stereocenters. The van der Waals surface area contributed by atoms with Crippen LogP contribution >= 0.6 is 0 Å². The summed E-state index contributed by atoms with van der Waals surface area (Å²) in [6, 6.07) is 8.20. The summed E-state index contributed by atoms with van der Waals surface area (Å²) in [6.07, 6.45) is 3.74. The summed E-state index contributed by atoms with van der Waals surface area (Å²) in [5, 5.41) is 6.42. The average molecular weight is 357 g/mol. The third kappa shape index (κ3) is 4.69. The van der Waals surface area contributed by atoms with E-state index in [1.54, 1.807) is 13.3 Å². The Balaban J connectivity index is 1.56. The van der Waals surface area contributed by atoms with Crippen LogP contribution in [0.15, 0.2) is 36.7 Å². The number of imidazole rings is 1. The summed E-state index contributed by atoms with van der Waals surface area (Å²) in [7, 11) is 3.67. The van der Waals surface area contributed by atoms with Gasteiger partial charge in [-0.25, -0.2) is 4.98 Å². The molecule has 1 aromatic carbocycles. The van der Waals surface area contributed by atoms with E-state index in [1.165, 1.54) is 0 Å². The maximum Gasteiger partial charge on any atom is 0.234 e. The van der Waals surface area contributed by atoms with Gasteiger partial charge in [-0.1, -0.05) is 24.3 Å². The largest absolute Gasteiger partial charge is 0.380 e. The second-order valence-electron chi connectivity index (χ2n) is 6.62. The standard InChI is InChI=1S/C19H27N5O2/c1-23-8-7-21-19(23)17-12-20-6-9-24(17)13-18(25)22-11-15-4-3-5-16(10-15)14-26-2/h3-5,7-8,10,17,20H,6,9,11-14H2,1-2H3,(H,22,25). The number of benzene rings is 1. The van der Waals surface area contributed by atoms with Crippen molar-refractivity contribution in [2.24, 2.45) is 7.05 Å². The van der Waals surface area contributed by atoms with Gasteiger partial charge in [-0.2, -0.15) is 0 Å². The minimum absolute atomic E-state index is 0.0308. The van der Waals surface area contributed by atoms with Crippen molar-refractivity contribution in [3.63, 3.8) is 0 Å². The van der Waals surface area contributed by atoms with Crippen LogP contribution in [0.25, 0.3) is 0 Å². The van der Waals surface area contributed by atoms with Gasteiger partial charge in [0.15, 0.2) is 0 Å². The third-order valence-electron chi connectivity index (χ3n) is 4.65. The first-order valence-corrected chi connectivity index (χ1v) is 8.93. The number of piperazine rings is 1. The number of rotatable bonds is 7. The van der Waals surface area contributed by atoms with E-state index in [2.05, 4.69) is 26.6 Å². The number of aromatic nitrogens is 2. The molecule has 1 aromatic heterocycles. The maximum absolute atomic E-state index is 12.5. The van der Waals surface area contributed by atoms with Crippen molar-refractivity contribution in [2.75, 3.05) is 33.3 Å². The lowest BCUT2D eigenvalue weighted by molar-refractivity contribution is -0.123. The number of nitrogens with zero attached hydrogens (tertiary/aromatic N) is 3. The Morgan fingerprint density at radius 3 is 3.04 bits per heavy atom. The zero-order chi connectivity index (χ0) is 18.4. The van der Waals surface area contributed by atoms with Gasteiger partial charge in [-0.05, 0) is 11.1 Å². The van der Waals surface area contributed by atoms with E-state index in [1.807, 2.05) is 36.0 Å². The summed E-state index contributed by atoms with van der Waals surface area (Å²) in [5.74, 6) is 1.01. The molecule has 7 nitrogen and oxygen atoms in total. The lowest BCUT2D eigenvalue weighted by Gasteiger charge is -2.35. The smallest absolute Gasteiger partial charge is 0.234 e. The highest BCUT2D eigenvalue weighted by molar-refractivity contribution is 5.78. The van der Waals surface area contributed by atoms with Crippen LogP contribution in [-0.2, 0) is 29.7 Å². The van der Waals surface area contributed by atoms with Crippen LogP contribution in [0.5, 0.6) is 0 Å². The monoisotopic (exact) mass is 357 g/mol. The second-order valence-corrected chi connectivity index (χ2v) is 6.62. The number of hydrogen-bond acceptors (Lipinski definition) is 5. The van der Waals surface area contributed by atoms with Gasteiger partial charge in [0.25, 0.3) is 0 Å². The molecule has 26 heavy (non-hydrogen) atoms. The topological polar surface area (TPSA) is 71.4 Å². The van der Waals surface area contributed by atoms with Crippen LogP contribution < -0.4 is 10.6 Å². The van der Waals surface area contributed by atoms with Crippen molar-refractivity contribution >= 4 is 5.91 Å². The summed E-state index contributed by atoms with van der Waals surface area (Å²) < 4.78 is 7.18. The molecule has 0 saturated carbocycles. The number of nitrogens with one attached hydrogen (secondary N) is 2. The highest BCUT2D eigenvalue weighted by Gasteiger charge is 2.28. The predicted octanol–water partition coefficient (Wildman–Crippen LogP) is 0.829. The van der Waals surface area contributed by atoms with Crippen LogP contribution in [0, 0.1) is 0 Å². The number of methoxy groups -OCH3 is 1. The molecular weight excluding hydrogens is 330 g/mol. The zero-order valence-electron chi connectivity index (χ0n) is 15.4. The van der Waals surface area contributed by atoms with Crippen LogP contribution in [0.4, 0.5) is 0 Å². The molecule has 1 aliphatic heterocycles. The van der Waals surface area contributed by atoms with Gasteiger partial charge in [-0.3, -0.25) is 9.69 Å². The SMILES string of the molecule is COCc1cccc(CNC(=O)CN2CCNCC2c2nccn2C)c1. The molecule has 1 unspecified atom stereocenters. The number of carbonyl (C=O) groups excluding carboxylic acids is 1. The molecule has 140 valence electrons. The molecule has 3 rings (SSSR count). The molecule has 1 aliphatic rings. The first kappa shape index (κ1) is 18.6. The van der Waals surface area contributed by atoms with Gasteiger partial charge in [0, 0.05) is 52.7 Å². The lowest BCUT2D eigenvalue weighted by atomic mass is 10.1. The summed E-state index contributed by atoms with van der Waals surface area (Å²) in [5.41, 5.74) is 2.19. The quantitative estimate of drug-likeness (QED) is 0.768. The molecule has 2 N–H and O–H groups in total. The van der Waals surface area contributed by atoms with Gasteiger partial charge >= 0.3 is 0 Å². The molecule has 1 saturated heterocycles. The Morgan fingerprint density at radius 1 is 1.42 bits per heavy atom. The second kappa shape index (κ2) is 8.93. The predicted molar refractivity (Wildman–Crippen MR) is 99.4 cm³/mol. The van der Waals surface area contributed by atoms with E-state index in [0.29, 0.717) is 19.7 Å². The first-order valence-electron chi connectivity index (χ1n) is 8.93. The maximum atomic E-state index is 12.5. The molecule has 2 aromatic rings. The Kier molecular flexibility index (Phi) is 6.38. The number of carbonyl (C=O) groups is 1. The van der Waals surface area contributed by atoms with Gasteiger partial charge < -0.3 is 19.9 Å². The molecule has 0 bridgehead atoms. The molecule has 1 fully saturated rings. The number of ether oxygens (including phenoxy) is 1. The number of aryl methyl sites for hydroxylation is 1. The van der Waals surface area contributed by atoms with Crippen molar-refractivity contribution in [1.82, 2.24) is 25.1 Å². The van der Waals surface area contributed by atoms with E-state index in [4.69, 9.17) is 4.74 Å². The number of hydrogen-bond donors (Lipinski definition) is 2. The molecule has 2 heterocycles. The van der Waals surface area contributed by atoms with Crippen LogP contribution in [0.2, 0.25) is 0 Å². The van der Waals surface area contributed by atoms with E-state index in [-0.39, 0.29) is 11.9 Å². The van der Waals surface area contributed by atoms with Gasteiger partial charge in [-0.15, -0.1) is 0 Å². The Morgan fingerprint density at radius 2 is 2.27 bits per heavy atom. The molecule has 7 heteroatoms. The summed E-state index contributed by atoms with van der Waals surface area (Å²) >= 11 is 0. The van der Waals surface area contributed by atoms with Crippen molar-refractivity contribution < 1.29 is 9.53 Å². The molecule has 0 radical (unpaired) electrons. The average Bonchev–Trinajstić information content (AvgIpc) is 3.07. The minimum atomic E-state index is 0.0308. The lowest BCUT2D eigenvalue weighted by Crippen LogP contribution is -2.50. The van der Waals surface area contributed by atoms with Gasteiger partial charge in [0.1, 0.15) is 5.82 Å². The number of amides is 1.